The van der Waals surface area contributed by atoms with Crippen LogP contribution in [0.3, 0.4) is 0 Å². The fourth-order valence-corrected chi connectivity index (χ4v) is 3.30. The van der Waals surface area contributed by atoms with Crippen LogP contribution in [-0.2, 0) is 0 Å². The Morgan fingerprint density at radius 3 is 2.50 bits per heavy atom. The van der Waals surface area contributed by atoms with Gasteiger partial charge in [0.25, 0.3) is 0 Å². The summed E-state index contributed by atoms with van der Waals surface area (Å²) in [6.07, 6.45) is 8.14. The summed E-state index contributed by atoms with van der Waals surface area (Å²) in [7, 11) is 0. The molecule has 2 aliphatic heterocycles. The first-order valence-corrected chi connectivity index (χ1v) is 7.01. The average Bonchev–Trinajstić information content (AvgIpc) is 2.86. The van der Waals surface area contributed by atoms with E-state index in [0.29, 0.717) is 0 Å². The molecule has 3 fully saturated rings. The third-order valence-corrected chi connectivity index (χ3v) is 4.59. The Kier molecular flexibility index (Phi) is 2.94. The molecule has 1 aliphatic carbocycles. The number of hydrogen-bond donors (Lipinski definition) is 1. The highest BCUT2D eigenvalue weighted by molar-refractivity contribution is 5.02. The van der Waals surface area contributed by atoms with Crippen molar-refractivity contribution in [3.63, 3.8) is 0 Å². The summed E-state index contributed by atoms with van der Waals surface area (Å²) in [6.45, 7) is 6.38. The molecule has 1 unspecified atom stereocenters. The van der Waals surface area contributed by atoms with E-state index in [2.05, 4.69) is 9.80 Å². The van der Waals surface area contributed by atoms with E-state index >= 15 is 0 Å². The van der Waals surface area contributed by atoms with Gasteiger partial charge in [0.05, 0.1) is 0 Å². The van der Waals surface area contributed by atoms with Gasteiger partial charge in [-0.3, -0.25) is 9.80 Å². The molecule has 3 aliphatic rings. The van der Waals surface area contributed by atoms with E-state index in [-0.39, 0.29) is 5.54 Å². The Hall–Kier alpha value is -0.120. The lowest BCUT2D eigenvalue weighted by atomic mass is 10.1. The van der Waals surface area contributed by atoms with Gasteiger partial charge in [-0.25, -0.2) is 0 Å². The third kappa shape index (κ3) is 2.41. The average molecular weight is 223 g/mol. The second-order valence-electron chi connectivity index (χ2n) is 6.14. The zero-order valence-electron chi connectivity index (χ0n) is 10.3. The van der Waals surface area contributed by atoms with Gasteiger partial charge in [-0.2, -0.15) is 0 Å². The molecule has 0 spiro atoms. The van der Waals surface area contributed by atoms with E-state index < -0.39 is 0 Å². The van der Waals surface area contributed by atoms with E-state index in [1.54, 1.807) is 0 Å². The molecule has 0 aromatic heterocycles. The Morgan fingerprint density at radius 2 is 1.81 bits per heavy atom. The lowest BCUT2D eigenvalue weighted by molar-refractivity contribution is 0.160. The number of nitrogens with zero attached hydrogens (tertiary/aromatic N) is 2. The molecule has 0 amide bonds. The Balaban J connectivity index is 1.48. The quantitative estimate of drug-likeness (QED) is 0.776. The maximum atomic E-state index is 6.20. The predicted molar refractivity (Wildman–Crippen MR) is 66.4 cm³/mol. The van der Waals surface area contributed by atoms with Crippen LogP contribution < -0.4 is 5.73 Å². The first-order valence-electron chi connectivity index (χ1n) is 7.01. The lowest BCUT2D eigenvalue weighted by Gasteiger charge is -2.32. The molecule has 0 aromatic carbocycles. The predicted octanol–water partition coefficient (Wildman–Crippen LogP) is 1.04. The monoisotopic (exact) mass is 223 g/mol. The smallest absolute Gasteiger partial charge is 0.0284 e. The molecule has 16 heavy (non-hydrogen) atoms. The van der Waals surface area contributed by atoms with Gasteiger partial charge in [-0.15, -0.1) is 0 Å². The molecule has 1 saturated carbocycles. The maximum absolute atomic E-state index is 6.20. The molecule has 3 nitrogen and oxygen atoms in total. The molecule has 2 saturated heterocycles. The molecule has 0 aromatic rings. The van der Waals surface area contributed by atoms with Crippen molar-refractivity contribution >= 4 is 0 Å². The van der Waals surface area contributed by atoms with Crippen molar-refractivity contribution in [1.29, 1.82) is 0 Å². The van der Waals surface area contributed by atoms with Gasteiger partial charge < -0.3 is 5.73 Å². The summed E-state index contributed by atoms with van der Waals surface area (Å²) in [6, 6.07) is 0.836. The molecule has 2 heterocycles. The molecule has 3 rings (SSSR count). The van der Waals surface area contributed by atoms with Gasteiger partial charge in [0.2, 0.25) is 0 Å². The van der Waals surface area contributed by atoms with Crippen LogP contribution in [0.2, 0.25) is 0 Å². The third-order valence-electron chi connectivity index (χ3n) is 4.59. The Morgan fingerprint density at radius 1 is 1.06 bits per heavy atom. The molecule has 0 bridgehead atoms. The molecular formula is C13H25N3. The van der Waals surface area contributed by atoms with Gasteiger partial charge in [0.1, 0.15) is 0 Å². The second-order valence-corrected chi connectivity index (χ2v) is 6.14. The van der Waals surface area contributed by atoms with Crippen LogP contribution in [0.25, 0.3) is 0 Å². The SMILES string of the molecule is NC1(CN2CCC(N3CCCCC3)C2)CC1. The van der Waals surface area contributed by atoms with E-state index in [1.807, 2.05) is 0 Å². The first kappa shape index (κ1) is 11.0. The summed E-state index contributed by atoms with van der Waals surface area (Å²) in [5.74, 6) is 0. The number of hydrogen-bond acceptors (Lipinski definition) is 3. The van der Waals surface area contributed by atoms with Gasteiger partial charge >= 0.3 is 0 Å². The van der Waals surface area contributed by atoms with Crippen molar-refractivity contribution in [3.05, 3.63) is 0 Å². The van der Waals surface area contributed by atoms with Gasteiger partial charge in [0, 0.05) is 24.7 Å². The highest BCUT2D eigenvalue weighted by Gasteiger charge is 2.41. The number of nitrogens with two attached hydrogens (primary N) is 1. The largest absolute Gasteiger partial charge is 0.324 e. The summed E-state index contributed by atoms with van der Waals surface area (Å²) >= 11 is 0. The topological polar surface area (TPSA) is 32.5 Å². The standard InChI is InChI=1S/C13H25N3/c14-13(5-6-13)11-15-9-4-12(10-15)16-7-2-1-3-8-16/h12H,1-11,14H2. The van der Waals surface area contributed by atoms with Crippen LogP contribution >= 0.6 is 0 Å². The van der Waals surface area contributed by atoms with Crippen LogP contribution in [0.15, 0.2) is 0 Å². The van der Waals surface area contributed by atoms with Crippen molar-refractivity contribution in [3.8, 4) is 0 Å². The number of piperidine rings is 1. The van der Waals surface area contributed by atoms with Crippen molar-refractivity contribution < 1.29 is 0 Å². The molecule has 1 atom stereocenters. The van der Waals surface area contributed by atoms with Crippen molar-refractivity contribution in [2.24, 2.45) is 5.73 Å². The van der Waals surface area contributed by atoms with E-state index in [9.17, 15) is 0 Å². The van der Waals surface area contributed by atoms with Crippen molar-refractivity contribution in [2.45, 2.75) is 50.1 Å². The van der Waals surface area contributed by atoms with E-state index in [1.165, 1.54) is 64.7 Å². The minimum absolute atomic E-state index is 0.205. The van der Waals surface area contributed by atoms with E-state index in [4.69, 9.17) is 5.73 Å². The lowest BCUT2D eigenvalue weighted by Crippen LogP contribution is -2.43. The van der Waals surface area contributed by atoms with Crippen LogP contribution in [-0.4, -0.2) is 54.1 Å². The van der Waals surface area contributed by atoms with Gasteiger partial charge in [0.15, 0.2) is 0 Å². The molecule has 3 heteroatoms. The van der Waals surface area contributed by atoms with Crippen molar-refractivity contribution in [1.82, 2.24) is 9.80 Å². The summed E-state index contributed by atoms with van der Waals surface area (Å²) in [5.41, 5.74) is 6.40. The Bertz CT molecular complexity index is 244. The maximum Gasteiger partial charge on any atom is 0.0284 e. The summed E-state index contributed by atoms with van der Waals surface area (Å²) in [5, 5.41) is 0. The molecular weight excluding hydrogens is 198 g/mol. The fraction of sp³-hybridized carbons (Fsp3) is 1.00. The minimum atomic E-state index is 0.205. The van der Waals surface area contributed by atoms with Crippen LogP contribution in [0.1, 0.15) is 38.5 Å². The van der Waals surface area contributed by atoms with E-state index in [0.717, 1.165) is 12.6 Å². The van der Waals surface area contributed by atoms with Crippen LogP contribution in [0.5, 0.6) is 0 Å². The minimum Gasteiger partial charge on any atom is -0.324 e. The molecule has 2 N–H and O–H groups in total. The number of rotatable bonds is 3. The second kappa shape index (κ2) is 4.28. The summed E-state index contributed by atoms with van der Waals surface area (Å²) < 4.78 is 0. The van der Waals surface area contributed by atoms with Crippen LogP contribution in [0, 0.1) is 0 Å². The zero-order chi connectivity index (χ0) is 11.0. The molecule has 92 valence electrons. The highest BCUT2D eigenvalue weighted by atomic mass is 15.3. The van der Waals surface area contributed by atoms with Crippen molar-refractivity contribution in [2.75, 3.05) is 32.7 Å². The number of likely N-dealkylation sites (tertiary alicyclic amines) is 2. The Labute approximate surface area is 99.0 Å². The fourth-order valence-electron chi connectivity index (χ4n) is 3.30. The molecule has 0 radical (unpaired) electrons. The first-order chi connectivity index (χ1) is 7.75. The normalized spacial score (nSPS) is 35.4. The van der Waals surface area contributed by atoms with Gasteiger partial charge in [-0.05, 0) is 51.7 Å². The zero-order valence-corrected chi connectivity index (χ0v) is 10.3. The van der Waals surface area contributed by atoms with Gasteiger partial charge in [-0.1, -0.05) is 6.42 Å². The summed E-state index contributed by atoms with van der Waals surface area (Å²) in [4.78, 5) is 5.33. The van der Waals surface area contributed by atoms with Crippen LogP contribution in [0.4, 0.5) is 0 Å². The highest BCUT2D eigenvalue weighted by Crippen LogP contribution is 2.34.